The van der Waals surface area contributed by atoms with Gasteiger partial charge in [0.15, 0.2) is 17.5 Å². The number of hydrogen-bond acceptors (Lipinski definition) is 4. The van der Waals surface area contributed by atoms with Gasteiger partial charge in [-0.15, -0.1) is 0 Å². The van der Waals surface area contributed by atoms with Gasteiger partial charge in [-0.05, 0) is 60.3 Å². The second kappa shape index (κ2) is 10.6. The minimum absolute atomic E-state index is 0.171. The zero-order chi connectivity index (χ0) is 25.8. The summed E-state index contributed by atoms with van der Waals surface area (Å²) in [5, 5.41) is 9.43. The molecule has 4 nitrogen and oxygen atoms in total. The van der Waals surface area contributed by atoms with Gasteiger partial charge < -0.3 is 0 Å². The second-order valence-corrected chi connectivity index (χ2v) is 10.8. The van der Waals surface area contributed by atoms with Gasteiger partial charge in [0.1, 0.15) is 0 Å². The maximum Gasteiger partial charge on any atom is 0.164 e. The van der Waals surface area contributed by atoms with Crippen LogP contribution in [0.1, 0.15) is 64.0 Å². The third-order valence-electron chi connectivity index (χ3n) is 7.96. The van der Waals surface area contributed by atoms with Crippen LogP contribution in [0, 0.1) is 23.2 Å². The first-order valence-electron chi connectivity index (χ1n) is 13.4. The molecule has 3 aromatic carbocycles. The van der Waals surface area contributed by atoms with Crippen LogP contribution in [0.3, 0.4) is 0 Å². The molecule has 1 saturated carbocycles. The van der Waals surface area contributed by atoms with Crippen molar-refractivity contribution >= 4 is 0 Å². The maximum atomic E-state index is 9.43. The summed E-state index contributed by atoms with van der Waals surface area (Å²) in [6.45, 7) is 7.16. The molecule has 1 fully saturated rings. The van der Waals surface area contributed by atoms with Crippen LogP contribution in [0.4, 0.5) is 0 Å². The Bertz CT molecular complexity index is 1410. The molecule has 186 valence electrons. The maximum absolute atomic E-state index is 9.43. The summed E-state index contributed by atoms with van der Waals surface area (Å²) in [5.74, 6) is 3.31. The standard InChI is InChI=1S/C33H34N4/c1-4-33(20-23(2)16-17-24(3)21-33)29-15-9-14-28(19-29)32-36-30(26-11-6-5-7-12-26)35-31(37-32)27-13-8-10-25(18-27)22-34/h5-15,18-19,23-24H,4,16-17,20-21H2,1-3H3/t23-,24+,33?. The van der Waals surface area contributed by atoms with Gasteiger partial charge >= 0.3 is 0 Å². The third kappa shape index (κ3) is 5.32. The molecule has 0 spiro atoms. The SMILES string of the molecule is CCC1(c2cccc(-c3nc(-c4ccccc4)nc(-c4cccc(C#N)c4)n3)c2)C[C@H](C)CC[C@H](C)C1. The number of benzene rings is 3. The predicted octanol–water partition coefficient (Wildman–Crippen LogP) is 8.24. The lowest BCUT2D eigenvalue weighted by molar-refractivity contribution is 0.295. The van der Waals surface area contributed by atoms with Crippen LogP contribution in [0.15, 0.2) is 78.9 Å². The van der Waals surface area contributed by atoms with Crippen molar-refractivity contribution in [3.05, 3.63) is 90.0 Å². The molecule has 0 bridgehead atoms. The smallest absolute Gasteiger partial charge is 0.164 e. The van der Waals surface area contributed by atoms with Gasteiger partial charge in [0.05, 0.1) is 11.6 Å². The molecule has 0 saturated heterocycles. The molecule has 1 unspecified atom stereocenters. The Labute approximate surface area is 220 Å². The van der Waals surface area contributed by atoms with E-state index in [0.29, 0.717) is 23.0 Å². The minimum Gasteiger partial charge on any atom is -0.208 e. The molecule has 0 radical (unpaired) electrons. The van der Waals surface area contributed by atoms with Crippen LogP contribution >= 0.6 is 0 Å². The Morgan fingerprint density at radius 3 is 1.86 bits per heavy atom. The summed E-state index contributed by atoms with van der Waals surface area (Å²) < 4.78 is 0. The summed E-state index contributed by atoms with van der Waals surface area (Å²) in [5.41, 5.74) is 4.91. The summed E-state index contributed by atoms with van der Waals surface area (Å²) in [6, 6.07) is 28.6. The van der Waals surface area contributed by atoms with E-state index in [1.165, 1.54) is 31.2 Å². The lowest BCUT2D eigenvalue weighted by Gasteiger charge is -2.36. The van der Waals surface area contributed by atoms with E-state index in [-0.39, 0.29) is 5.41 Å². The first kappa shape index (κ1) is 24.8. The average molecular weight is 487 g/mol. The summed E-state index contributed by atoms with van der Waals surface area (Å²) in [7, 11) is 0. The van der Waals surface area contributed by atoms with Gasteiger partial charge in [0.25, 0.3) is 0 Å². The topological polar surface area (TPSA) is 62.5 Å². The number of aromatic nitrogens is 3. The van der Waals surface area contributed by atoms with E-state index in [0.717, 1.165) is 34.9 Å². The molecule has 37 heavy (non-hydrogen) atoms. The minimum atomic E-state index is 0.171. The average Bonchev–Trinajstić information content (AvgIpc) is 3.11. The van der Waals surface area contributed by atoms with Crippen LogP contribution in [0.25, 0.3) is 34.2 Å². The van der Waals surface area contributed by atoms with Gasteiger partial charge in [-0.2, -0.15) is 5.26 Å². The van der Waals surface area contributed by atoms with Crippen molar-refractivity contribution in [1.29, 1.82) is 5.26 Å². The van der Waals surface area contributed by atoms with E-state index < -0.39 is 0 Å². The largest absolute Gasteiger partial charge is 0.208 e. The molecule has 3 atom stereocenters. The first-order chi connectivity index (χ1) is 18.0. The third-order valence-corrected chi connectivity index (χ3v) is 7.96. The normalized spacial score (nSPS) is 21.7. The number of rotatable bonds is 5. The fourth-order valence-corrected chi connectivity index (χ4v) is 5.99. The van der Waals surface area contributed by atoms with E-state index >= 15 is 0 Å². The van der Waals surface area contributed by atoms with Crippen molar-refractivity contribution in [1.82, 2.24) is 15.0 Å². The molecule has 1 aliphatic rings. The highest BCUT2D eigenvalue weighted by molar-refractivity contribution is 5.67. The molecule has 0 aliphatic heterocycles. The van der Waals surface area contributed by atoms with E-state index in [2.05, 4.69) is 51.1 Å². The van der Waals surface area contributed by atoms with Crippen molar-refractivity contribution in [2.45, 2.75) is 58.3 Å². The van der Waals surface area contributed by atoms with Crippen molar-refractivity contribution in [3.63, 3.8) is 0 Å². The quantitative estimate of drug-likeness (QED) is 0.266. The number of nitriles is 1. The van der Waals surface area contributed by atoms with Gasteiger partial charge in [0.2, 0.25) is 0 Å². The fourth-order valence-electron chi connectivity index (χ4n) is 5.99. The lowest BCUT2D eigenvalue weighted by atomic mass is 9.69. The van der Waals surface area contributed by atoms with Gasteiger partial charge in [-0.1, -0.05) is 94.3 Å². The second-order valence-electron chi connectivity index (χ2n) is 10.8. The molecule has 1 aliphatic carbocycles. The lowest BCUT2D eigenvalue weighted by Crippen LogP contribution is -2.28. The molecule has 4 heteroatoms. The molecule has 0 amide bonds. The molecule has 5 rings (SSSR count). The Kier molecular flexibility index (Phi) is 7.15. The zero-order valence-corrected chi connectivity index (χ0v) is 22.0. The van der Waals surface area contributed by atoms with E-state index in [1.807, 2.05) is 48.5 Å². The predicted molar refractivity (Wildman–Crippen MR) is 150 cm³/mol. The van der Waals surface area contributed by atoms with Gasteiger partial charge in [-0.3, -0.25) is 0 Å². The van der Waals surface area contributed by atoms with E-state index in [4.69, 9.17) is 15.0 Å². The monoisotopic (exact) mass is 486 g/mol. The van der Waals surface area contributed by atoms with Crippen LogP contribution in [0.2, 0.25) is 0 Å². The van der Waals surface area contributed by atoms with Crippen molar-refractivity contribution in [3.8, 4) is 40.2 Å². The van der Waals surface area contributed by atoms with Crippen molar-refractivity contribution < 1.29 is 0 Å². The zero-order valence-electron chi connectivity index (χ0n) is 22.0. The first-order valence-corrected chi connectivity index (χ1v) is 13.4. The van der Waals surface area contributed by atoms with Crippen LogP contribution in [-0.2, 0) is 5.41 Å². The number of nitrogens with zero attached hydrogens (tertiary/aromatic N) is 4. The Balaban J connectivity index is 1.64. The number of hydrogen-bond donors (Lipinski definition) is 0. The van der Waals surface area contributed by atoms with Crippen LogP contribution in [0.5, 0.6) is 0 Å². The molecule has 4 aromatic rings. The molecular formula is C33H34N4. The Morgan fingerprint density at radius 2 is 1.27 bits per heavy atom. The van der Waals surface area contributed by atoms with Crippen LogP contribution in [-0.4, -0.2) is 15.0 Å². The van der Waals surface area contributed by atoms with E-state index in [9.17, 15) is 5.26 Å². The Hall–Kier alpha value is -3.84. The molecule has 0 N–H and O–H groups in total. The van der Waals surface area contributed by atoms with E-state index in [1.54, 1.807) is 6.07 Å². The Morgan fingerprint density at radius 1 is 0.730 bits per heavy atom. The molecular weight excluding hydrogens is 452 g/mol. The van der Waals surface area contributed by atoms with Crippen molar-refractivity contribution in [2.75, 3.05) is 0 Å². The summed E-state index contributed by atoms with van der Waals surface area (Å²) in [6.07, 6.45) is 6.18. The van der Waals surface area contributed by atoms with Crippen molar-refractivity contribution in [2.24, 2.45) is 11.8 Å². The summed E-state index contributed by atoms with van der Waals surface area (Å²) in [4.78, 5) is 14.7. The fraction of sp³-hybridized carbons (Fsp3) is 0.333. The van der Waals surface area contributed by atoms with Gasteiger partial charge in [-0.25, -0.2) is 15.0 Å². The molecule has 1 aromatic heterocycles. The summed E-state index contributed by atoms with van der Waals surface area (Å²) >= 11 is 0. The highest BCUT2D eigenvalue weighted by Gasteiger charge is 2.36. The highest BCUT2D eigenvalue weighted by Crippen LogP contribution is 2.45. The highest BCUT2D eigenvalue weighted by atomic mass is 15.0. The van der Waals surface area contributed by atoms with Crippen LogP contribution < -0.4 is 0 Å². The van der Waals surface area contributed by atoms with Gasteiger partial charge in [0, 0.05) is 16.7 Å². The molecule has 1 heterocycles.